The van der Waals surface area contributed by atoms with Crippen LogP contribution in [0.25, 0.3) is 0 Å². The van der Waals surface area contributed by atoms with Crippen molar-refractivity contribution in [3.8, 4) is 0 Å². The highest BCUT2D eigenvalue weighted by Crippen LogP contribution is 2.29. The van der Waals surface area contributed by atoms with Crippen LogP contribution in [0, 0.1) is 0 Å². The molecule has 3 rings (SSSR count). The molecule has 144 valence electrons. The van der Waals surface area contributed by atoms with E-state index in [4.69, 9.17) is 4.74 Å². The van der Waals surface area contributed by atoms with Gasteiger partial charge in [0.25, 0.3) is 5.91 Å². The number of nitrogens with zero attached hydrogens (tertiary/aromatic N) is 1. The lowest BCUT2D eigenvalue weighted by Gasteiger charge is -2.20. The Bertz CT molecular complexity index is 963. The number of ether oxygens (including phenoxy) is 1. The van der Waals surface area contributed by atoms with Crippen molar-refractivity contribution in [2.45, 2.75) is 19.8 Å². The van der Waals surface area contributed by atoms with Gasteiger partial charge in [0.1, 0.15) is 0 Å². The smallest absolute Gasteiger partial charge is 0.339 e. The molecule has 1 aliphatic carbocycles. The lowest BCUT2D eigenvalue weighted by Crippen LogP contribution is -2.32. The van der Waals surface area contributed by atoms with Gasteiger partial charge in [-0.2, -0.15) is 0 Å². The monoisotopic (exact) mass is 379 g/mol. The van der Waals surface area contributed by atoms with E-state index < -0.39 is 18.4 Å². The molecule has 0 heterocycles. The molecule has 28 heavy (non-hydrogen) atoms. The van der Waals surface area contributed by atoms with E-state index in [1.807, 2.05) is 6.92 Å². The number of likely N-dealkylation sites (N-methyl/N-ethyl adjacent to an activating group) is 1. The van der Waals surface area contributed by atoms with Gasteiger partial charge in [0.15, 0.2) is 18.2 Å². The van der Waals surface area contributed by atoms with Crippen molar-refractivity contribution in [1.82, 2.24) is 4.90 Å². The topological polar surface area (TPSA) is 80.8 Å². The third-order valence-corrected chi connectivity index (χ3v) is 4.77. The molecule has 0 radical (unpaired) electrons. The Morgan fingerprint density at radius 3 is 2.25 bits per heavy atom. The van der Waals surface area contributed by atoms with Gasteiger partial charge in [-0.1, -0.05) is 49.7 Å². The number of carbonyl (C=O) groups excluding carboxylic acids is 4. The molecule has 0 N–H and O–H groups in total. The Balaban J connectivity index is 1.83. The maximum absolute atomic E-state index is 12.9. The van der Waals surface area contributed by atoms with Gasteiger partial charge in [0, 0.05) is 35.8 Å². The standard InChI is InChI=1S/C22H21NO5/c1-3-4-12-23(2)18(24)13-28-22(27)17-11-7-10-16-19(17)21(26)15-9-6-5-8-14(15)20(16)25/h5-11H,3-4,12-13H2,1-2H3. The zero-order chi connectivity index (χ0) is 20.3. The van der Waals surface area contributed by atoms with Crippen LogP contribution in [0.5, 0.6) is 0 Å². The second kappa shape index (κ2) is 8.17. The Hall–Kier alpha value is -3.28. The number of unbranched alkanes of at least 4 members (excludes halogenated alkanes) is 1. The summed E-state index contributed by atoms with van der Waals surface area (Å²) in [6.07, 6.45) is 1.81. The van der Waals surface area contributed by atoms with Crippen molar-refractivity contribution in [3.63, 3.8) is 0 Å². The fourth-order valence-electron chi connectivity index (χ4n) is 3.15. The highest BCUT2D eigenvalue weighted by molar-refractivity contribution is 6.30. The summed E-state index contributed by atoms with van der Waals surface area (Å²) >= 11 is 0. The van der Waals surface area contributed by atoms with E-state index in [0.29, 0.717) is 12.1 Å². The number of rotatable bonds is 6. The summed E-state index contributed by atoms with van der Waals surface area (Å²) in [5.41, 5.74) is 0.774. The van der Waals surface area contributed by atoms with Crippen molar-refractivity contribution < 1.29 is 23.9 Å². The molecule has 0 fully saturated rings. The molecular weight excluding hydrogens is 358 g/mol. The summed E-state index contributed by atoms with van der Waals surface area (Å²) in [4.78, 5) is 51.8. The summed E-state index contributed by atoms with van der Waals surface area (Å²) in [5.74, 6) is -1.83. The lowest BCUT2D eigenvalue weighted by molar-refractivity contribution is -0.133. The fraction of sp³-hybridized carbons (Fsp3) is 0.273. The Morgan fingerprint density at radius 1 is 0.929 bits per heavy atom. The molecule has 0 bridgehead atoms. The maximum atomic E-state index is 12.9. The van der Waals surface area contributed by atoms with Crippen LogP contribution >= 0.6 is 0 Å². The summed E-state index contributed by atoms with van der Waals surface area (Å²) in [6, 6.07) is 11.0. The Kier molecular flexibility index (Phi) is 5.68. The molecule has 2 aromatic carbocycles. The van der Waals surface area contributed by atoms with Crippen molar-refractivity contribution in [2.75, 3.05) is 20.2 Å². The summed E-state index contributed by atoms with van der Waals surface area (Å²) in [6.45, 7) is 2.19. The van der Waals surface area contributed by atoms with E-state index in [9.17, 15) is 19.2 Å². The molecule has 0 spiro atoms. The van der Waals surface area contributed by atoms with Gasteiger partial charge in [-0.3, -0.25) is 14.4 Å². The van der Waals surface area contributed by atoms with E-state index in [1.54, 1.807) is 31.3 Å². The second-order valence-electron chi connectivity index (χ2n) is 6.68. The van der Waals surface area contributed by atoms with Crippen LogP contribution in [0.4, 0.5) is 0 Å². The molecule has 6 heteroatoms. The van der Waals surface area contributed by atoms with Crippen molar-refractivity contribution >= 4 is 23.4 Å². The van der Waals surface area contributed by atoms with Crippen LogP contribution in [0.1, 0.15) is 62.0 Å². The normalized spacial score (nSPS) is 12.2. The quantitative estimate of drug-likeness (QED) is 0.615. The third-order valence-electron chi connectivity index (χ3n) is 4.77. The van der Waals surface area contributed by atoms with Crippen molar-refractivity contribution in [3.05, 3.63) is 70.3 Å². The molecule has 0 aromatic heterocycles. The second-order valence-corrected chi connectivity index (χ2v) is 6.68. The van der Waals surface area contributed by atoms with Crippen LogP contribution in [-0.2, 0) is 9.53 Å². The molecule has 0 saturated heterocycles. The average Bonchev–Trinajstić information content (AvgIpc) is 2.73. The minimum absolute atomic E-state index is 0.00522. The third kappa shape index (κ3) is 3.58. The zero-order valence-electron chi connectivity index (χ0n) is 15.9. The van der Waals surface area contributed by atoms with Crippen LogP contribution in [0.15, 0.2) is 42.5 Å². The first-order valence-electron chi connectivity index (χ1n) is 9.18. The number of ketones is 2. The first-order chi connectivity index (χ1) is 13.5. The molecule has 0 saturated carbocycles. The fourth-order valence-corrected chi connectivity index (χ4v) is 3.15. The molecule has 0 aliphatic heterocycles. The van der Waals surface area contributed by atoms with Gasteiger partial charge in [-0.15, -0.1) is 0 Å². The van der Waals surface area contributed by atoms with E-state index in [0.717, 1.165) is 12.8 Å². The van der Waals surface area contributed by atoms with E-state index in [-0.39, 0.29) is 33.9 Å². The van der Waals surface area contributed by atoms with E-state index >= 15 is 0 Å². The highest BCUT2D eigenvalue weighted by atomic mass is 16.5. The number of amides is 1. The van der Waals surface area contributed by atoms with E-state index in [2.05, 4.69) is 0 Å². The SMILES string of the molecule is CCCCN(C)C(=O)COC(=O)c1cccc2c1C(=O)c1ccccc1C2=O. The minimum Gasteiger partial charge on any atom is -0.452 e. The first-order valence-corrected chi connectivity index (χ1v) is 9.18. The van der Waals surface area contributed by atoms with Crippen molar-refractivity contribution in [2.24, 2.45) is 0 Å². The van der Waals surface area contributed by atoms with Crippen LogP contribution in [-0.4, -0.2) is 48.5 Å². The number of benzene rings is 2. The van der Waals surface area contributed by atoms with Crippen LogP contribution in [0.2, 0.25) is 0 Å². The predicted molar refractivity (Wildman–Crippen MR) is 103 cm³/mol. The maximum Gasteiger partial charge on any atom is 0.339 e. The highest BCUT2D eigenvalue weighted by Gasteiger charge is 2.33. The number of hydrogen-bond donors (Lipinski definition) is 0. The summed E-state index contributed by atoms with van der Waals surface area (Å²) < 4.78 is 5.13. The van der Waals surface area contributed by atoms with Crippen LogP contribution in [0.3, 0.4) is 0 Å². The molecule has 1 aliphatic rings. The zero-order valence-corrected chi connectivity index (χ0v) is 15.9. The van der Waals surface area contributed by atoms with Gasteiger partial charge in [0.05, 0.1) is 5.56 Å². The molecule has 2 aromatic rings. The van der Waals surface area contributed by atoms with Gasteiger partial charge in [-0.25, -0.2) is 4.79 Å². The molecule has 6 nitrogen and oxygen atoms in total. The van der Waals surface area contributed by atoms with Gasteiger partial charge in [0.2, 0.25) is 0 Å². The molecule has 0 unspecified atom stereocenters. The number of hydrogen-bond acceptors (Lipinski definition) is 5. The minimum atomic E-state index is -0.797. The van der Waals surface area contributed by atoms with Gasteiger partial charge in [-0.05, 0) is 12.5 Å². The largest absolute Gasteiger partial charge is 0.452 e. The van der Waals surface area contributed by atoms with Gasteiger partial charge >= 0.3 is 5.97 Å². The molecule has 1 amide bonds. The van der Waals surface area contributed by atoms with Crippen LogP contribution < -0.4 is 0 Å². The number of fused-ring (bicyclic) bond motifs is 2. The lowest BCUT2D eigenvalue weighted by atomic mass is 9.82. The average molecular weight is 379 g/mol. The first kappa shape index (κ1) is 19.5. The van der Waals surface area contributed by atoms with Gasteiger partial charge < -0.3 is 9.64 Å². The Labute approximate surface area is 163 Å². The molecule has 0 atom stereocenters. The Morgan fingerprint density at radius 2 is 1.57 bits per heavy atom. The van der Waals surface area contributed by atoms with E-state index in [1.165, 1.54) is 23.1 Å². The number of carbonyl (C=O) groups is 4. The number of esters is 1. The molecular formula is C22H21NO5. The predicted octanol–water partition coefficient (Wildman–Crippen LogP) is 2.88. The summed E-state index contributed by atoms with van der Waals surface area (Å²) in [7, 11) is 1.65. The van der Waals surface area contributed by atoms with Crippen molar-refractivity contribution in [1.29, 1.82) is 0 Å². The summed E-state index contributed by atoms with van der Waals surface area (Å²) in [5, 5.41) is 0.